The molecule has 0 spiro atoms. The minimum absolute atomic E-state index is 0.421. The third-order valence-electron chi connectivity index (χ3n) is 7.03. The molecule has 0 bridgehead atoms. The van der Waals surface area contributed by atoms with Gasteiger partial charge in [-0.1, -0.05) is 82.3 Å². The van der Waals surface area contributed by atoms with Crippen LogP contribution in [-0.2, 0) is 0 Å². The SMILES string of the molecule is CC(C)c1cccc(C(C)C)c1-n1[c-][n+]2c3c(cccc31)N(C)c1cc3ccccc3cc1-2. The topological polar surface area (TPSA) is 12.0 Å². The maximum Gasteiger partial charge on any atom is 0.269 e. The molecule has 5 aromatic rings. The van der Waals surface area contributed by atoms with E-state index in [4.69, 9.17) is 0 Å². The molecule has 6 rings (SSSR count). The Balaban J connectivity index is 1.73. The summed E-state index contributed by atoms with van der Waals surface area (Å²) in [6.07, 6.45) is 3.79. The Morgan fingerprint density at radius 2 is 1.36 bits per heavy atom. The normalized spacial score (nSPS) is 12.9. The fraction of sp³-hybridized carbons (Fsp3) is 0.233. The fourth-order valence-electron chi connectivity index (χ4n) is 5.31. The van der Waals surface area contributed by atoms with Gasteiger partial charge < -0.3 is 4.90 Å². The van der Waals surface area contributed by atoms with E-state index >= 15 is 0 Å². The summed E-state index contributed by atoms with van der Waals surface area (Å²) in [6, 6.07) is 26.5. The number of rotatable bonds is 3. The molecule has 0 N–H and O–H groups in total. The lowest BCUT2D eigenvalue weighted by molar-refractivity contribution is -0.572. The third kappa shape index (κ3) is 2.85. The Labute approximate surface area is 195 Å². The van der Waals surface area contributed by atoms with Crippen LogP contribution in [0.2, 0.25) is 0 Å². The molecule has 164 valence electrons. The quantitative estimate of drug-likeness (QED) is 0.217. The minimum Gasteiger partial charge on any atom is -0.351 e. The average Bonchev–Trinajstić information content (AvgIpc) is 3.21. The van der Waals surface area contributed by atoms with E-state index in [0.29, 0.717) is 11.8 Å². The standard InChI is InChI=1S/C30H29N3/c1-19(2)23-12-8-13-24(20(3)4)29(23)32-18-33-28-17-22-11-7-6-10-21(22)16-27(28)31(5)25-14-9-15-26(32)30(25)33/h6-17,19-20H,1-5H3. The van der Waals surface area contributed by atoms with Crippen LogP contribution in [0.4, 0.5) is 11.4 Å². The van der Waals surface area contributed by atoms with E-state index in [1.807, 2.05) is 0 Å². The van der Waals surface area contributed by atoms with Crippen molar-refractivity contribution in [3.63, 3.8) is 0 Å². The van der Waals surface area contributed by atoms with E-state index in [9.17, 15) is 0 Å². The lowest BCUT2D eigenvalue weighted by Gasteiger charge is -2.29. The molecule has 1 aromatic heterocycles. The van der Waals surface area contributed by atoms with Gasteiger partial charge in [0.2, 0.25) is 0 Å². The van der Waals surface area contributed by atoms with Crippen LogP contribution in [0.25, 0.3) is 33.2 Å². The molecule has 33 heavy (non-hydrogen) atoms. The molecule has 0 atom stereocenters. The van der Waals surface area contributed by atoms with Gasteiger partial charge in [-0.2, -0.15) is 0 Å². The molecular weight excluding hydrogens is 402 g/mol. The highest BCUT2D eigenvalue weighted by molar-refractivity contribution is 5.97. The molecule has 0 saturated carbocycles. The molecule has 3 nitrogen and oxygen atoms in total. The van der Waals surface area contributed by atoms with Crippen molar-refractivity contribution in [1.82, 2.24) is 4.57 Å². The van der Waals surface area contributed by atoms with Crippen molar-refractivity contribution in [2.24, 2.45) is 0 Å². The zero-order valence-electron chi connectivity index (χ0n) is 19.9. The third-order valence-corrected chi connectivity index (χ3v) is 7.03. The van der Waals surface area contributed by atoms with Crippen LogP contribution < -0.4 is 9.47 Å². The average molecular weight is 432 g/mol. The van der Waals surface area contributed by atoms with E-state index in [1.54, 1.807) is 0 Å². The van der Waals surface area contributed by atoms with Crippen LogP contribution in [0.1, 0.15) is 50.7 Å². The number of anilines is 2. The molecule has 4 aromatic carbocycles. The maximum absolute atomic E-state index is 3.79. The summed E-state index contributed by atoms with van der Waals surface area (Å²) in [5.74, 6) is 0.843. The molecule has 0 unspecified atom stereocenters. The second kappa shape index (κ2) is 7.21. The highest BCUT2D eigenvalue weighted by atomic mass is 15.2. The number of benzene rings is 4. The molecule has 0 amide bonds. The van der Waals surface area contributed by atoms with Crippen molar-refractivity contribution < 1.29 is 4.57 Å². The second-order valence-electron chi connectivity index (χ2n) is 9.76. The van der Waals surface area contributed by atoms with Crippen LogP contribution in [0.3, 0.4) is 0 Å². The summed E-state index contributed by atoms with van der Waals surface area (Å²) in [5, 5.41) is 2.50. The largest absolute Gasteiger partial charge is 0.351 e. The van der Waals surface area contributed by atoms with Crippen LogP contribution in [0.5, 0.6) is 0 Å². The Hall–Kier alpha value is -3.59. The summed E-state index contributed by atoms with van der Waals surface area (Å²) in [6.45, 7) is 9.12. The first kappa shape index (κ1) is 20.0. The van der Waals surface area contributed by atoms with E-state index in [2.05, 4.69) is 128 Å². The van der Waals surface area contributed by atoms with Crippen molar-refractivity contribution in [2.45, 2.75) is 39.5 Å². The number of hydrogen-bond donors (Lipinski definition) is 0. The molecule has 2 heterocycles. The van der Waals surface area contributed by atoms with Crippen LogP contribution >= 0.6 is 0 Å². The molecule has 3 heteroatoms. The fourth-order valence-corrected chi connectivity index (χ4v) is 5.31. The first-order chi connectivity index (χ1) is 16.0. The monoisotopic (exact) mass is 431 g/mol. The highest BCUT2D eigenvalue weighted by Crippen LogP contribution is 2.41. The van der Waals surface area contributed by atoms with Crippen LogP contribution in [0.15, 0.2) is 72.8 Å². The van der Waals surface area contributed by atoms with Crippen molar-refractivity contribution in [3.8, 4) is 11.4 Å². The van der Waals surface area contributed by atoms with Gasteiger partial charge in [0.25, 0.3) is 6.33 Å². The van der Waals surface area contributed by atoms with Gasteiger partial charge in [-0.25, -0.2) is 0 Å². The van der Waals surface area contributed by atoms with Crippen LogP contribution in [-0.4, -0.2) is 11.6 Å². The molecule has 0 saturated heterocycles. The van der Waals surface area contributed by atoms with Gasteiger partial charge in [0, 0.05) is 12.7 Å². The van der Waals surface area contributed by atoms with E-state index in [-0.39, 0.29) is 0 Å². The first-order valence-electron chi connectivity index (χ1n) is 11.8. The number of hydrogen-bond acceptors (Lipinski definition) is 1. The minimum atomic E-state index is 0.421. The lowest BCUT2D eigenvalue weighted by Crippen LogP contribution is -2.36. The summed E-state index contributed by atoms with van der Waals surface area (Å²) < 4.78 is 4.58. The Kier molecular flexibility index (Phi) is 4.38. The lowest BCUT2D eigenvalue weighted by atomic mass is 9.92. The first-order valence-corrected chi connectivity index (χ1v) is 11.8. The predicted octanol–water partition coefficient (Wildman–Crippen LogP) is 7.19. The van der Waals surface area contributed by atoms with Crippen LogP contribution in [0, 0.1) is 6.33 Å². The number of fused-ring (bicyclic) bond motifs is 3. The van der Waals surface area contributed by atoms with Crippen molar-refractivity contribution in [2.75, 3.05) is 11.9 Å². The van der Waals surface area contributed by atoms with E-state index < -0.39 is 0 Å². The molecule has 1 aliphatic rings. The Bertz CT molecular complexity index is 1510. The highest BCUT2D eigenvalue weighted by Gasteiger charge is 2.27. The van der Waals surface area contributed by atoms with Crippen molar-refractivity contribution in [3.05, 3.63) is 90.3 Å². The predicted molar refractivity (Wildman–Crippen MR) is 137 cm³/mol. The zero-order chi connectivity index (χ0) is 22.9. The molecule has 0 radical (unpaired) electrons. The van der Waals surface area contributed by atoms with E-state index in [1.165, 1.54) is 55.7 Å². The van der Waals surface area contributed by atoms with Gasteiger partial charge in [0.1, 0.15) is 5.52 Å². The maximum atomic E-state index is 3.79. The number of imidazole rings is 1. The number of aromatic nitrogens is 2. The van der Waals surface area contributed by atoms with Gasteiger partial charge in [-0.15, -0.1) is 0 Å². The smallest absolute Gasteiger partial charge is 0.269 e. The van der Waals surface area contributed by atoms with E-state index in [0.717, 1.165) is 0 Å². The van der Waals surface area contributed by atoms with Gasteiger partial charge >= 0.3 is 0 Å². The molecule has 0 aliphatic carbocycles. The summed E-state index contributed by atoms with van der Waals surface area (Å²) in [7, 11) is 2.17. The van der Waals surface area contributed by atoms with Gasteiger partial charge in [0.05, 0.1) is 22.6 Å². The van der Waals surface area contributed by atoms with Crippen molar-refractivity contribution in [1.29, 1.82) is 0 Å². The van der Waals surface area contributed by atoms with Gasteiger partial charge in [-0.05, 0) is 51.9 Å². The zero-order valence-corrected chi connectivity index (χ0v) is 19.9. The summed E-state index contributed by atoms with van der Waals surface area (Å²) in [4.78, 5) is 2.32. The second-order valence-corrected chi connectivity index (χ2v) is 9.76. The number of para-hydroxylation sites is 2. The van der Waals surface area contributed by atoms with Crippen molar-refractivity contribution >= 4 is 33.2 Å². The Morgan fingerprint density at radius 3 is 2.03 bits per heavy atom. The number of nitrogens with zero attached hydrogens (tertiary/aromatic N) is 3. The molecule has 0 fully saturated rings. The summed E-state index contributed by atoms with van der Waals surface area (Å²) >= 11 is 0. The summed E-state index contributed by atoms with van der Waals surface area (Å²) in [5.41, 5.74) is 9.97. The Morgan fingerprint density at radius 1 is 0.727 bits per heavy atom. The molecular formula is C30H29N3. The molecule has 1 aliphatic heterocycles. The van der Waals surface area contributed by atoms with Gasteiger partial charge in [-0.3, -0.25) is 9.13 Å². The van der Waals surface area contributed by atoms with Gasteiger partial charge in [0.15, 0.2) is 0 Å².